The fraction of sp³-hybridized carbons (Fsp3) is 0.304. The van der Waals surface area contributed by atoms with E-state index in [0.717, 1.165) is 22.7 Å². The van der Waals surface area contributed by atoms with Gasteiger partial charge >= 0.3 is 0 Å². The number of benzene rings is 2. The third-order valence-electron chi connectivity index (χ3n) is 5.44. The van der Waals surface area contributed by atoms with Crippen molar-refractivity contribution in [1.29, 1.82) is 0 Å². The van der Waals surface area contributed by atoms with Gasteiger partial charge in [0, 0.05) is 29.1 Å². The van der Waals surface area contributed by atoms with E-state index in [2.05, 4.69) is 41.0 Å². The molecule has 0 saturated carbocycles. The molecule has 0 bridgehead atoms. The molecule has 2 aromatic carbocycles. The number of aryl methyl sites for hydroxylation is 2. The van der Waals surface area contributed by atoms with Gasteiger partial charge in [0.15, 0.2) is 0 Å². The molecule has 1 aliphatic heterocycles. The van der Waals surface area contributed by atoms with E-state index < -0.39 is 0 Å². The molecule has 0 unspecified atom stereocenters. The molecular weight excluding hydrogens is 364 g/mol. The number of ether oxygens (including phenoxy) is 1. The van der Waals surface area contributed by atoms with Gasteiger partial charge in [0.25, 0.3) is 5.56 Å². The van der Waals surface area contributed by atoms with Crippen molar-refractivity contribution in [3.05, 3.63) is 81.3 Å². The lowest BCUT2D eigenvalue weighted by molar-refractivity contribution is 0.187. The lowest BCUT2D eigenvalue weighted by Crippen LogP contribution is -2.47. The molecule has 2 heterocycles. The van der Waals surface area contributed by atoms with Crippen molar-refractivity contribution in [3.63, 3.8) is 0 Å². The first-order chi connectivity index (χ1) is 14.0. The highest BCUT2D eigenvalue weighted by Crippen LogP contribution is 2.29. The van der Waals surface area contributed by atoms with Crippen LogP contribution in [0.15, 0.2) is 53.3 Å². The van der Waals surface area contributed by atoms with Gasteiger partial charge in [0.05, 0.1) is 20.4 Å². The predicted molar refractivity (Wildman–Crippen MR) is 115 cm³/mol. The van der Waals surface area contributed by atoms with E-state index in [0.29, 0.717) is 31.4 Å². The van der Waals surface area contributed by atoms with Crippen LogP contribution in [0.25, 0.3) is 0 Å². The van der Waals surface area contributed by atoms with E-state index in [4.69, 9.17) is 9.72 Å². The van der Waals surface area contributed by atoms with Gasteiger partial charge < -0.3 is 4.74 Å². The first kappa shape index (κ1) is 19.2. The summed E-state index contributed by atoms with van der Waals surface area (Å²) in [6.07, 6.45) is 0. The van der Waals surface area contributed by atoms with Crippen LogP contribution in [-0.2, 0) is 13.2 Å². The van der Waals surface area contributed by atoms with E-state index >= 15 is 0 Å². The maximum absolute atomic E-state index is 13.0. The Bertz CT molecular complexity index is 1110. The van der Waals surface area contributed by atoms with Crippen LogP contribution in [0.4, 0.5) is 11.6 Å². The molecule has 0 amide bonds. The highest BCUT2D eigenvalue weighted by molar-refractivity contribution is 5.59. The van der Waals surface area contributed by atoms with Crippen molar-refractivity contribution in [1.82, 2.24) is 14.5 Å². The predicted octanol–water partition coefficient (Wildman–Crippen LogP) is 3.75. The molecule has 6 heteroatoms. The molecule has 0 saturated heterocycles. The van der Waals surface area contributed by atoms with Crippen molar-refractivity contribution in [2.75, 3.05) is 18.7 Å². The average Bonchev–Trinajstić information content (AvgIpc) is 2.72. The van der Waals surface area contributed by atoms with Gasteiger partial charge in [-0.05, 0) is 44.5 Å². The van der Waals surface area contributed by atoms with Crippen molar-refractivity contribution in [2.45, 2.75) is 34.0 Å². The molecule has 1 aromatic heterocycles. The van der Waals surface area contributed by atoms with E-state index in [9.17, 15) is 4.79 Å². The molecular formula is C23H26N4O2. The Morgan fingerprint density at radius 3 is 2.59 bits per heavy atom. The van der Waals surface area contributed by atoms with E-state index in [1.54, 1.807) is 11.7 Å². The number of hydrogen-bond donors (Lipinski definition) is 0. The molecule has 29 heavy (non-hydrogen) atoms. The Labute approximate surface area is 171 Å². The summed E-state index contributed by atoms with van der Waals surface area (Å²) in [6, 6.07) is 16.3. The minimum atomic E-state index is 0.00915. The van der Waals surface area contributed by atoms with Crippen LogP contribution in [-0.4, -0.2) is 28.2 Å². The first-order valence-corrected chi connectivity index (χ1v) is 9.74. The minimum Gasteiger partial charge on any atom is -0.496 e. The largest absolute Gasteiger partial charge is 0.496 e. The zero-order chi connectivity index (χ0) is 20.5. The topological polar surface area (TPSA) is 50.6 Å². The lowest BCUT2D eigenvalue weighted by atomic mass is 10.2. The molecule has 4 rings (SSSR count). The summed E-state index contributed by atoms with van der Waals surface area (Å²) in [5.41, 5.74) is 4.76. The summed E-state index contributed by atoms with van der Waals surface area (Å²) >= 11 is 0. The molecule has 1 aliphatic rings. The van der Waals surface area contributed by atoms with Crippen molar-refractivity contribution < 1.29 is 4.74 Å². The summed E-state index contributed by atoms with van der Waals surface area (Å²) in [6.45, 7) is 7.60. The molecule has 0 spiro atoms. The number of aromatic nitrogens is 2. The van der Waals surface area contributed by atoms with Gasteiger partial charge in [0.1, 0.15) is 5.75 Å². The smallest absolute Gasteiger partial charge is 0.259 e. The van der Waals surface area contributed by atoms with E-state index in [-0.39, 0.29) is 5.56 Å². The summed E-state index contributed by atoms with van der Waals surface area (Å²) < 4.78 is 7.29. The van der Waals surface area contributed by atoms with Crippen LogP contribution < -0.4 is 15.2 Å². The van der Waals surface area contributed by atoms with E-state index in [1.807, 2.05) is 38.1 Å². The quantitative estimate of drug-likeness (QED) is 0.679. The summed E-state index contributed by atoms with van der Waals surface area (Å²) in [7, 11) is 1.68. The van der Waals surface area contributed by atoms with Crippen LogP contribution >= 0.6 is 0 Å². The van der Waals surface area contributed by atoms with Crippen LogP contribution in [0.2, 0.25) is 0 Å². The Morgan fingerprint density at radius 2 is 1.83 bits per heavy atom. The zero-order valence-corrected chi connectivity index (χ0v) is 17.3. The number of anilines is 2. The van der Waals surface area contributed by atoms with Gasteiger partial charge in [-0.3, -0.25) is 19.2 Å². The number of hydrogen-bond acceptors (Lipinski definition) is 5. The Kier molecular flexibility index (Phi) is 5.11. The van der Waals surface area contributed by atoms with Gasteiger partial charge in [-0.25, -0.2) is 4.98 Å². The Hall–Kier alpha value is -3.12. The van der Waals surface area contributed by atoms with Crippen LogP contribution in [0.3, 0.4) is 0 Å². The Morgan fingerprint density at radius 1 is 1.03 bits per heavy atom. The van der Waals surface area contributed by atoms with Crippen molar-refractivity contribution in [3.8, 4) is 5.75 Å². The molecule has 0 fully saturated rings. The number of fused-ring (bicyclic) bond motifs is 1. The van der Waals surface area contributed by atoms with Gasteiger partial charge in [-0.15, -0.1) is 0 Å². The summed E-state index contributed by atoms with van der Waals surface area (Å²) in [5.74, 6) is 1.55. The van der Waals surface area contributed by atoms with Crippen LogP contribution in [0.1, 0.15) is 22.4 Å². The zero-order valence-electron chi connectivity index (χ0n) is 17.3. The maximum Gasteiger partial charge on any atom is 0.259 e. The lowest BCUT2D eigenvalue weighted by Gasteiger charge is -2.38. The van der Waals surface area contributed by atoms with E-state index in [1.165, 1.54) is 5.56 Å². The van der Waals surface area contributed by atoms with Crippen LogP contribution in [0.5, 0.6) is 5.75 Å². The average molecular weight is 390 g/mol. The summed E-state index contributed by atoms with van der Waals surface area (Å²) in [4.78, 5) is 22.2. The molecule has 6 nitrogen and oxygen atoms in total. The summed E-state index contributed by atoms with van der Waals surface area (Å²) in [5, 5.41) is 0. The molecule has 0 N–H and O–H groups in total. The fourth-order valence-electron chi connectivity index (χ4n) is 3.75. The monoisotopic (exact) mass is 390 g/mol. The molecule has 150 valence electrons. The molecule has 0 atom stereocenters. The standard InChI is InChI=1S/C23H26N4O2/c1-16-8-7-10-20(12-16)26-14-25(13-19-9-5-6-11-21(19)29-4)15-27-22(28)17(2)18(3)24-23(26)27/h5-12H,13-15H2,1-4H3. The SMILES string of the molecule is COc1ccccc1CN1CN(c2cccc(C)c2)c2nc(C)c(C)c(=O)n2C1. The third-order valence-corrected chi connectivity index (χ3v) is 5.44. The van der Waals surface area contributed by atoms with Gasteiger partial charge in [0.2, 0.25) is 5.95 Å². The number of nitrogens with zero attached hydrogens (tertiary/aromatic N) is 4. The highest BCUT2D eigenvalue weighted by atomic mass is 16.5. The maximum atomic E-state index is 13.0. The molecule has 3 aromatic rings. The van der Waals surface area contributed by atoms with Crippen molar-refractivity contribution >= 4 is 11.6 Å². The minimum absolute atomic E-state index is 0.00915. The number of methoxy groups -OCH3 is 1. The second-order valence-corrected chi connectivity index (χ2v) is 7.55. The fourth-order valence-corrected chi connectivity index (χ4v) is 3.75. The number of rotatable bonds is 4. The Balaban J connectivity index is 1.78. The van der Waals surface area contributed by atoms with Gasteiger partial charge in [-0.1, -0.05) is 30.3 Å². The normalized spacial score (nSPS) is 14.0. The molecule has 0 aliphatic carbocycles. The second kappa shape index (κ2) is 7.72. The van der Waals surface area contributed by atoms with Crippen LogP contribution in [0, 0.1) is 20.8 Å². The third kappa shape index (κ3) is 3.63. The second-order valence-electron chi connectivity index (χ2n) is 7.55. The van der Waals surface area contributed by atoms with Crippen molar-refractivity contribution in [2.24, 2.45) is 0 Å². The molecule has 0 radical (unpaired) electrons. The number of para-hydroxylation sites is 1. The highest BCUT2D eigenvalue weighted by Gasteiger charge is 2.27. The van der Waals surface area contributed by atoms with Gasteiger partial charge in [-0.2, -0.15) is 0 Å². The first-order valence-electron chi connectivity index (χ1n) is 9.74.